The Kier molecular flexibility index (Phi) is 4.42. The van der Waals surface area contributed by atoms with Crippen molar-refractivity contribution in [2.45, 2.75) is 45.3 Å². The molecule has 1 fully saturated rings. The van der Waals surface area contributed by atoms with Gasteiger partial charge in [0.25, 0.3) is 0 Å². The van der Waals surface area contributed by atoms with Crippen LogP contribution in [0, 0.1) is 11.7 Å². The maximum absolute atomic E-state index is 14.2. The second-order valence-corrected chi connectivity index (χ2v) is 7.62. The maximum Gasteiger partial charge on any atom is 0.410 e. The van der Waals surface area contributed by atoms with E-state index in [4.69, 9.17) is 9.47 Å². The Bertz CT molecular complexity index is 635. The first-order valence-electron chi connectivity index (χ1n) is 8.32. The Labute approximate surface area is 141 Å². The molecule has 1 amide bonds. The summed E-state index contributed by atoms with van der Waals surface area (Å²) in [7, 11) is 0. The van der Waals surface area contributed by atoms with Crippen molar-refractivity contribution in [3.8, 4) is 5.75 Å². The van der Waals surface area contributed by atoms with Gasteiger partial charge in [-0.25, -0.2) is 9.18 Å². The minimum atomic E-state index is -0.518. The third-order valence-electron chi connectivity index (χ3n) is 4.32. The molecular weight excluding hydrogens is 313 g/mol. The molecule has 1 N–H and O–H groups in total. The monoisotopic (exact) mass is 337 g/mol. The lowest BCUT2D eigenvalue weighted by atomic mass is 10.1. The van der Waals surface area contributed by atoms with E-state index in [1.165, 1.54) is 6.07 Å². The molecule has 1 aromatic carbocycles. The van der Waals surface area contributed by atoms with Gasteiger partial charge >= 0.3 is 6.09 Å². The minimum absolute atomic E-state index is 0.0672. The van der Waals surface area contributed by atoms with Crippen molar-refractivity contribution in [1.29, 1.82) is 0 Å². The molecule has 0 radical (unpaired) electrons. The minimum Gasteiger partial charge on any atom is -0.487 e. The van der Waals surface area contributed by atoms with Gasteiger partial charge in [0.2, 0.25) is 0 Å². The van der Waals surface area contributed by atoms with Gasteiger partial charge < -0.3 is 19.5 Å². The summed E-state index contributed by atoms with van der Waals surface area (Å²) in [4.78, 5) is 13.5. The van der Waals surface area contributed by atoms with Crippen molar-refractivity contribution >= 4 is 6.09 Å². The number of halogens is 1. The topological polar surface area (TPSA) is 59.0 Å². The van der Waals surface area contributed by atoms with Crippen LogP contribution >= 0.6 is 0 Å². The summed E-state index contributed by atoms with van der Waals surface area (Å²) in [6.45, 7) is 6.42. The SMILES string of the molecule is CC(C)(C)OC(=O)N1CC(Oc2cc(F)c3c(c2)CC(CO)C3)C1. The summed E-state index contributed by atoms with van der Waals surface area (Å²) in [6.07, 6.45) is 0.751. The average molecular weight is 337 g/mol. The lowest BCUT2D eigenvalue weighted by Crippen LogP contribution is -2.57. The van der Waals surface area contributed by atoms with Gasteiger partial charge in [-0.05, 0) is 56.7 Å². The second kappa shape index (κ2) is 6.24. The highest BCUT2D eigenvalue weighted by atomic mass is 19.1. The number of aliphatic hydroxyl groups excluding tert-OH is 1. The molecule has 1 aliphatic carbocycles. The highest BCUT2D eigenvalue weighted by Gasteiger charge is 2.35. The number of aliphatic hydroxyl groups is 1. The highest BCUT2D eigenvalue weighted by molar-refractivity contribution is 5.69. The highest BCUT2D eigenvalue weighted by Crippen LogP contribution is 2.33. The standard InChI is InChI=1S/C18H24FNO4/c1-18(2,3)24-17(22)20-8-14(9-20)23-13-6-12-4-11(10-21)5-15(12)16(19)7-13/h6-7,11,14,21H,4-5,8-10H2,1-3H3. The Morgan fingerprint density at radius 1 is 1.33 bits per heavy atom. The smallest absolute Gasteiger partial charge is 0.410 e. The normalized spacial score (nSPS) is 20.5. The molecule has 1 saturated heterocycles. The third kappa shape index (κ3) is 3.64. The van der Waals surface area contributed by atoms with E-state index in [2.05, 4.69) is 0 Å². The molecule has 24 heavy (non-hydrogen) atoms. The second-order valence-electron chi connectivity index (χ2n) is 7.62. The van der Waals surface area contributed by atoms with Gasteiger partial charge in [-0.1, -0.05) is 0 Å². The molecule has 3 rings (SSSR count). The first kappa shape index (κ1) is 17.0. The van der Waals surface area contributed by atoms with Gasteiger partial charge in [-0.2, -0.15) is 0 Å². The van der Waals surface area contributed by atoms with E-state index in [-0.39, 0.29) is 30.5 Å². The van der Waals surface area contributed by atoms with Crippen LogP contribution in [0.3, 0.4) is 0 Å². The van der Waals surface area contributed by atoms with Crippen molar-refractivity contribution in [3.63, 3.8) is 0 Å². The number of amides is 1. The fraction of sp³-hybridized carbons (Fsp3) is 0.611. The maximum atomic E-state index is 14.2. The predicted octanol–water partition coefficient (Wildman–Crippen LogP) is 2.53. The van der Waals surface area contributed by atoms with Crippen LogP contribution in [0.5, 0.6) is 5.75 Å². The van der Waals surface area contributed by atoms with Crippen molar-refractivity contribution in [1.82, 2.24) is 4.90 Å². The average Bonchev–Trinajstić information content (AvgIpc) is 2.84. The molecule has 2 aliphatic rings. The quantitative estimate of drug-likeness (QED) is 0.921. The molecule has 1 aromatic rings. The molecular formula is C18H24FNO4. The summed E-state index contributed by atoms with van der Waals surface area (Å²) in [5, 5.41) is 9.25. The van der Waals surface area contributed by atoms with Crippen LogP contribution in [-0.2, 0) is 17.6 Å². The Hall–Kier alpha value is -1.82. The Balaban J connectivity index is 1.56. The summed E-state index contributed by atoms with van der Waals surface area (Å²) in [5.74, 6) is 0.302. The van der Waals surface area contributed by atoms with Gasteiger partial charge in [0, 0.05) is 12.7 Å². The Morgan fingerprint density at radius 3 is 2.67 bits per heavy atom. The zero-order valence-corrected chi connectivity index (χ0v) is 14.3. The number of carbonyl (C=O) groups excluding carboxylic acids is 1. The number of rotatable bonds is 3. The van der Waals surface area contributed by atoms with Crippen molar-refractivity contribution in [3.05, 3.63) is 29.1 Å². The molecule has 1 heterocycles. The van der Waals surface area contributed by atoms with Crippen LogP contribution in [0.15, 0.2) is 12.1 Å². The number of ether oxygens (including phenoxy) is 2. The molecule has 0 saturated carbocycles. The lowest BCUT2D eigenvalue weighted by Gasteiger charge is -2.39. The van der Waals surface area contributed by atoms with Crippen molar-refractivity contribution in [2.24, 2.45) is 5.92 Å². The summed E-state index contributed by atoms with van der Waals surface area (Å²) < 4.78 is 25.3. The molecule has 0 bridgehead atoms. The van der Waals surface area contributed by atoms with Crippen LogP contribution in [0.4, 0.5) is 9.18 Å². The molecule has 1 unspecified atom stereocenters. The molecule has 6 heteroatoms. The molecule has 0 aromatic heterocycles. The van der Waals surface area contributed by atoms with Gasteiger partial charge in [0.15, 0.2) is 0 Å². The number of benzene rings is 1. The number of nitrogens with zero attached hydrogens (tertiary/aromatic N) is 1. The predicted molar refractivity (Wildman–Crippen MR) is 86.6 cm³/mol. The van der Waals surface area contributed by atoms with Gasteiger partial charge in [0.1, 0.15) is 23.3 Å². The number of fused-ring (bicyclic) bond motifs is 1. The number of carbonyl (C=O) groups is 1. The largest absolute Gasteiger partial charge is 0.487 e. The number of likely N-dealkylation sites (tertiary alicyclic amines) is 1. The van der Waals surface area contributed by atoms with E-state index in [0.29, 0.717) is 37.2 Å². The van der Waals surface area contributed by atoms with Gasteiger partial charge in [-0.15, -0.1) is 0 Å². The number of hydrogen-bond donors (Lipinski definition) is 1. The first-order valence-corrected chi connectivity index (χ1v) is 8.32. The van der Waals surface area contributed by atoms with E-state index < -0.39 is 5.60 Å². The molecule has 132 valence electrons. The molecule has 1 aliphatic heterocycles. The van der Waals surface area contributed by atoms with Crippen LogP contribution in [0.25, 0.3) is 0 Å². The summed E-state index contributed by atoms with van der Waals surface area (Å²) >= 11 is 0. The van der Waals surface area contributed by atoms with E-state index in [9.17, 15) is 14.3 Å². The fourth-order valence-corrected chi connectivity index (χ4v) is 3.13. The molecule has 0 spiro atoms. The fourth-order valence-electron chi connectivity index (χ4n) is 3.13. The van der Waals surface area contributed by atoms with E-state index >= 15 is 0 Å². The zero-order valence-electron chi connectivity index (χ0n) is 14.3. The van der Waals surface area contributed by atoms with E-state index in [1.807, 2.05) is 26.8 Å². The van der Waals surface area contributed by atoms with Crippen LogP contribution in [-0.4, -0.2) is 47.5 Å². The van der Waals surface area contributed by atoms with Gasteiger partial charge in [-0.3, -0.25) is 0 Å². The van der Waals surface area contributed by atoms with Crippen LogP contribution in [0.2, 0.25) is 0 Å². The Morgan fingerprint density at radius 2 is 2.04 bits per heavy atom. The van der Waals surface area contributed by atoms with E-state index in [0.717, 1.165) is 5.56 Å². The van der Waals surface area contributed by atoms with Crippen molar-refractivity contribution < 1.29 is 23.8 Å². The lowest BCUT2D eigenvalue weighted by molar-refractivity contribution is -0.0222. The first-order chi connectivity index (χ1) is 11.2. The van der Waals surface area contributed by atoms with Gasteiger partial charge in [0.05, 0.1) is 13.1 Å². The summed E-state index contributed by atoms with van der Waals surface area (Å²) in [6, 6.07) is 3.25. The zero-order chi connectivity index (χ0) is 17.5. The third-order valence-corrected chi connectivity index (χ3v) is 4.32. The van der Waals surface area contributed by atoms with Crippen LogP contribution < -0.4 is 4.74 Å². The summed E-state index contributed by atoms with van der Waals surface area (Å²) in [5.41, 5.74) is 1.08. The molecule has 5 nitrogen and oxygen atoms in total. The molecule has 1 atom stereocenters. The van der Waals surface area contributed by atoms with Crippen molar-refractivity contribution in [2.75, 3.05) is 19.7 Å². The number of hydrogen-bond acceptors (Lipinski definition) is 4. The van der Waals surface area contributed by atoms with E-state index in [1.54, 1.807) is 4.90 Å². The van der Waals surface area contributed by atoms with Crippen LogP contribution in [0.1, 0.15) is 31.9 Å².